The van der Waals surface area contributed by atoms with E-state index in [0.29, 0.717) is 15.8 Å². The number of hydrogen-bond donors (Lipinski definition) is 0. The highest BCUT2D eigenvalue weighted by molar-refractivity contribution is 9.09. The predicted octanol–water partition coefficient (Wildman–Crippen LogP) is 6.21. The largest absolute Gasteiger partial charge is 0.495 e. The Kier molecular flexibility index (Phi) is 5.67. The van der Waals surface area contributed by atoms with Gasteiger partial charge in [0.2, 0.25) is 0 Å². The molecule has 2 aromatic carbocycles. The minimum absolute atomic E-state index is 0.00527. The van der Waals surface area contributed by atoms with Gasteiger partial charge in [0.25, 0.3) is 0 Å². The summed E-state index contributed by atoms with van der Waals surface area (Å²) in [5, 5.41) is 1.18. The van der Waals surface area contributed by atoms with Crippen LogP contribution in [0.25, 0.3) is 0 Å². The van der Waals surface area contributed by atoms with Gasteiger partial charge < -0.3 is 4.74 Å². The summed E-state index contributed by atoms with van der Waals surface area (Å²) in [5.74, 6) is 0.581. The lowest BCUT2D eigenvalue weighted by Gasteiger charge is -2.15. The Labute approximate surface area is 141 Å². The van der Waals surface area contributed by atoms with E-state index in [4.69, 9.17) is 27.9 Å². The summed E-state index contributed by atoms with van der Waals surface area (Å²) in [6, 6.07) is 11.9. The number of benzene rings is 2. The Bertz CT molecular complexity index is 602. The molecule has 0 saturated heterocycles. The van der Waals surface area contributed by atoms with Crippen molar-refractivity contribution in [1.82, 2.24) is 0 Å². The van der Waals surface area contributed by atoms with Crippen LogP contribution in [-0.4, -0.2) is 13.4 Å². The number of ether oxygens (including phenoxy) is 1. The van der Waals surface area contributed by atoms with Crippen molar-refractivity contribution in [2.45, 2.75) is 9.72 Å². The maximum Gasteiger partial charge on any atom is 0.138 e. The summed E-state index contributed by atoms with van der Waals surface area (Å²) in [7, 11) is 1.57. The molecule has 1 atom stereocenters. The number of thioether (sulfide) groups is 1. The first-order valence-corrected chi connectivity index (χ1v) is 8.77. The van der Waals surface area contributed by atoms with Crippen molar-refractivity contribution in [1.29, 1.82) is 0 Å². The molecule has 1 nitrogen and oxygen atoms in total. The molecule has 0 spiro atoms. The molecule has 0 fully saturated rings. The molecule has 5 heteroatoms. The number of hydrogen-bond acceptors (Lipinski definition) is 2. The first-order chi connectivity index (χ1) is 9.56. The molecule has 2 aromatic rings. The standard InChI is InChI=1S/C15H13BrCl2OS/c1-19-14-8-12(17)11(7-13(14)18)15(16)9-3-5-10(20-2)6-4-9/h3-8,15H,1-2H3. The van der Waals surface area contributed by atoms with Gasteiger partial charge in [0.1, 0.15) is 5.75 Å². The Balaban J connectivity index is 2.36. The second kappa shape index (κ2) is 7.08. The number of alkyl halides is 1. The SMILES string of the molecule is COc1cc(Cl)c(C(Br)c2ccc(SC)cc2)cc1Cl. The molecule has 0 aliphatic carbocycles. The van der Waals surface area contributed by atoms with Crippen LogP contribution in [0.4, 0.5) is 0 Å². The van der Waals surface area contributed by atoms with Crippen molar-refractivity contribution in [3.63, 3.8) is 0 Å². The fraction of sp³-hybridized carbons (Fsp3) is 0.200. The van der Waals surface area contributed by atoms with Gasteiger partial charge in [-0.25, -0.2) is 0 Å². The molecule has 0 aliphatic heterocycles. The van der Waals surface area contributed by atoms with Crippen LogP contribution in [0.3, 0.4) is 0 Å². The third-order valence-electron chi connectivity index (χ3n) is 2.95. The van der Waals surface area contributed by atoms with E-state index in [0.717, 1.165) is 11.1 Å². The van der Waals surface area contributed by atoms with Gasteiger partial charge in [-0.1, -0.05) is 51.3 Å². The zero-order valence-corrected chi connectivity index (χ0v) is 14.9. The topological polar surface area (TPSA) is 9.23 Å². The Morgan fingerprint density at radius 1 is 1.10 bits per heavy atom. The third-order valence-corrected chi connectivity index (χ3v) is 5.34. The average molecular weight is 392 g/mol. The highest BCUT2D eigenvalue weighted by Gasteiger charge is 2.16. The summed E-state index contributed by atoms with van der Waals surface area (Å²) in [4.78, 5) is 1.22. The van der Waals surface area contributed by atoms with Crippen molar-refractivity contribution in [3.05, 3.63) is 57.6 Å². The van der Waals surface area contributed by atoms with E-state index in [1.54, 1.807) is 24.9 Å². The molecular weight excluding hydrogens is 379 g/mol. The van der Waals surface area contributed by atoms with Crippen molar-refractivity contribution in [2.75, 3.05) is 13.4 Å². The molecule has 106 valence electrons. The fourth-order valence-corrected chi connectivity index (χ4v) is 3.58. The second-order valence-electron chi connectivity index (χ2n) is 4.14. The maximum atomic E-state index is 6.31. The molecule has 0 aliphatic rings. The highest BCUT2D eigenvalue weighted by Crippen LogP contribution is 2.40. The van der Waals surface area contributed by atoms with Crippen LogP contribution in [0.1, 0.15) is 16.0 Å². The van der Waals surface area contributed by atoms with Gasteiger partial charge in [0, 0.05) is 16.0 Å². The molecule has 2 rings (SSSR count). The van der Waals surface area contributed by atoms with E-state index in [-0.39, 0.29) is 4.83 Å². The zero-order chi connectivity index (χ0) is 14.7. The molecule has 0 heterocycles. The number of methoxy groups -OCH3 is 1. The number of rotatable bonds is 4. The number of halogens is 3. The van der Waals surface area contributed by atoms with Crippen molar-refractivity contribution in [2.24, 2.45) is 0 Å². The molecule has 0 bridgehead atoms. The van der Waals surface area contributed by atoms with Crippen LogP contribution in [0.5, 0.6) is 5.75 Å². The summed E-state index contributed by atoms with van der Waals surface area (Å²) in [6.45, 7) is 0. The summed E-state index contributed by atoms with van der Waals surface area (Å²) < 4.78 is 5.16. The smallest absolute Gasteiger partial charge is 0.138 e. The molecule has 20 heavy (non-hydrogen) atoms. The lowest BCUT2D eigenvalue weighted by atomic mass is 10.0. The van der Waals surface area contributed by atoms with E-state index < -0.39 is 0 Å². The Hall–Kier alpha value is -0.350. The highest BCUT2D eigenvalue weighted by atomic mass is 79.9. The van der Waals surface area contributed by atoms with Crippen LogP contribution in [0, 0.1) is 0 Å². The minimum Gasteiger partial charge on any atom is -0.495 e. The maximum absolute atomic E-state index is 6.31. The quantitative estimate of drug-likeness (QED) is 0.452. The summed E-state index contributed by atoms with van der Waals surface area (Å²) in [6.07, 6.45) is 2.06. The van der Waals surface area contributed by atoms with Crippen LogP contribution < -0.4 is 4.74 Å². The average Bonchev–Trinajstić information content (AvgIpc) is 2.48. The van der Waals surface area contributed by atoms with Crippen LogP contribution >= 0.6 is 50.9 Å². The van der Waals surface area contributed by atoms with Crippen LogP contribution in [0.2, 0.25) is 10.0 Å². The third kappa shape index (κ3) is 3.45. The fourth-order valence-electron chi connectivity index (χ4n) is 1.85. The van der Waals surface area contributed by atoms with Crippen LogP contribution in [0.15, 0.2) is 41.3 Å². The van der Waals surface area contributed by atoms with Crippen molar-refractivity contribution >= 4 is 50.9 Å². The molecule has 0 aromatic heterocycles. The van der Waals surface area contributed by atoms with Crippen LogP contribution in [-0.2, 0) is 0 Å². The van der Waals surface area contributed by atoms with E-state index in [9.17, 15) is 0 Å². The monoisotopic (exact) mass is 390 g/mol. The lowest BCUT2D eigenvalue weighted by molar-refractivity contribution is 0.415. The predicted molar refractivity (Wildman–Crippen MR) is 92.0 cm³/mol. The summed E-state index contributed by atoms with van der Waals surface area (Å²) in [5.41, 5.74) is 2.06. The molecular formula is C15H13BrCl2OS. The van der Waals surface area contributed by atoms with Crippen molar-refractivity contribution < 1.29 is 4.74 Å². The molecule has 0 amide bonds. The van der Waals surface area contributed by atoms with Gasteiger partial charge >= 0.3 is 0 Å². The van der Waals surface area contributed by atoms with Gasteiger partial charge in [-0.3, -0.25) is 0 Å². The van der Waals surface area contributed by atoms with E-state index in [1.807, 2.05) is 6.07 Å². The summed E-state index contributed by atoms with van der Waals surface area (Å²) >= 11 is 17.9. The first kappa shape index (κ1) is 16.0. The molecule has 0 saturated carbocycles. The Morgan fingerprint density at radius 2 is 1.75 bits per heavy atom. The van der Waals surface area contributed by atoms with E-state index in [1.165, 1.54) is 4.90 Å². The molecule has 1 unspecified atom stereocenters. The van der Waals surface area contributed by atoms with Gasteiger partial charge in [0.15, 0.2) is 0 Å². The second-order valence-corrected chi connectivity index (χ2v) is 6.75. The van der Waals surface area contributed by atoms with Gasteiger partial charge in [-0.2, -0.15) is 0 Å². The van der Waals surface area contributed by atoms with Gasteiger partial charge in [-0.05, 0) is 35.6 Å². The van der Waals surface area contributed by atoms with E-state index in [2.05, 4.69) is 46.5 Å². The van der Waals surface area contributed by atoms with Crippen molar-refractivity contribution in [3.8, 4) is 5.75 Å². The van der Waals surface area contributed by atoms with E-state index >= 15 is 0 Å². The first-order valence-electron chi connectivity index (χ1n) is 5.87. The van der Waals surface area contributed by atoms with Gasteiger partial charge in [-0.15, -0.1) is 11.8 Å². The minimum atomic E-state index is -0.00527. The Morgan fingerprint density at radius 3 is 2.30 bits per heavy atom. The normalized spacial score (nSPS) is 12.2. The molecule has 0 N–H and O–H groups in total. The lowest BCUT2D eigenvalue weighted by Crippen LogP contribution is -1.95. The molecule has 0 radical (unpaired) electrons. The van der Waals surface area contributed by atoms with Gasteiger partial charge in [0.05, 0.1) is 17.0 Å². The zero-order valence-electron chi connectivity index (χ0n) is 11.0.